The van der Waals surface area contributed by atoms with Crippen molar-refractivity contribution in [2.75, 3.05) is 12.3 Å². The van der Waals surface area contributed by atoms with Crippen LogP contribution in [-0.4, -0.2) is 44.7 Å². The topological polar surface area (TPSA) is 88.1 Å². The minimum atomic E-state index is -0.470. The van der Waals surface area contributed by atoms with E-state index in [2.05, 4.69) is 21.0 Å². The molecule has 0 aliphatic carbocycles. The van der Waals surface area contributed by atoms with Gasteiger partial charge in [0.2, 0.25) is 11.8 Å². The van der Waals surface area contributed by atoms with Crippen LogP contribution in [0, 0.1) is 0 Å². The summed E-state index contributed by atoms with van der Waals surface area (Å²) < 4.78 is 1.54. The van der Waals surface area contributed by atoms with Crippen LogP contribution in [0.3, 0.4) is 0 Å². The number of thioether (sulfide) groups is 1. The first-order chi connectivity index (χ1) is 11.0. The molecule has 1 atom stereocenters. The normalized spacial score (nSPS) is 23.6. The minimum absolute atomic E-state index is 0.0892. The summed E-state index contributed by atoms with van der Waals surface area (Å²) in [6.07, 6.45) is 1.06. The van der Waals surface area contributed by atoms with E-state index in [9.17, 15) is 9.59 Å². The SMILES string of the molecule is CC1(C)SC[C@H](C(=O)NCc2cc3n(n2)CCCNC3)NC1=O. The van der Waals surface area contributed by atoms with Crippen LogP contribution in [0.2, 0.25) is 0 Å². The van der Waals surface area contributed by atoms with Crippen molar-refractivity contribution in [2.45, 2.75) is 50.7 Å². The molecule has 2 aliphatic heterocycles. The number of nitrogens with zero attached hydrogens (tertiary/aromatic N) is 2. The summed E-state index contributed by atoms with van der Waals surface area (Å²) in [6.45, 7) is 6.84. The Morgan fingerprint density at radius 1 is 1.57 bits per heavy atom. The Balaban J connectivity index is 1.54. The van der Waals surface area contributed by atoms with Crippen LogP contribution >= 0.6 is 11.8 Å². The van der Waals surface area contributed by atoms with Gasteiger partial charge in [-0.15, -0.1) is 11.8 Å². The van der Waals surface area contributed by atoms with Gasteiger partial charge in [-0.05, 0) is 32.9 Å². The predicted octanol–water partition coefficient (Wildman–Crippen LogP) is 0.00280. The van der Waals surface area contributed by atoms with Gasteiger partial charge in [0.1, 0.15) is 6.04 Å². The fourth-order valence-corrected chi connectivity index (χ4v) is 3.69. The molecule has 23 heavy (non-hydrogen) atoms. The van der Waals surface area contributed by atoms with Crippen molar-refractivity contribution in [3.63, 3.8) is 0 Å². The molecule has 3 rings (SSSR count). The number of nitrogens with one attached hydrogen (secondary N) is 3. The maximum atomic E-state index is 12.2. The largest absolute Gasteiger partial charge is 0.349 e. The molecule has 0 bridgehead atoms. The highest BCUT2D eigenvalue weighted by Crippen LogP contribution is 2.28. The number of fused-ring (bicyclic) bond motifs is 1. The highest BCUT2D eigenvalue weighted by Gasteiger charge is 2.37. The molecular weight excluding hydrogens is 314 g/mol. The van der Waals surface area contributed by atoms with E-state index in [0.717, 1.165) is 37.4 Å². The van der Waals surface area contributed by atoms with Gasteiger partial charge in [0.25, 0.3) is 0 Å². The Morgan fingerprint density at radius 2 is 2.39 bits per heavy atom. The molecular formula is C15H23N5O2S. The molecule has 1 saturated heterocycles. The van der Waals surface area contributed by atoms with Crippen LogP contribution in [0.25, 0.3) is 0 Å². The third-order valence-corrected chi connectivity index (χ3v) is 5.57. The van der Waals surface area contributed by atoms with Gasteiger partial charge in [0, 0.05) is 18.8 Å². The van der Waals surface area contributed by atoms with Gasteiger partial charge in [-0.1, -0.05) is 0 Å². The predicted molar refractivity (Wildman–Crippen MR) is 88.9 cm³/mol. The van der Waals surface area contributed by atoms with Crippen LogP contribution in [0.5, 0.6) is 0 Å². The highest BCUT2D eigenvalue weighted by molar-refractivity contribution is 8.01. The summed E-state index contributed by atoms with van der Waals surface area (Å²) in [5.41, 5.74) is 2.00. The summed E-state index contributed by atoms with van der Waals surface area (Å²) in [7, 11) is 0. The van der Waals surface area contributed by atoms with E-state index in [1.165, 1.54) is 11.8 Å². The third-order valence-electron chi connectivity index (χ3n) is 4.17. The number of amides is 2. The van der Waals surface area contributed by atoms with E-state index in [-0.39, 0.29) is 11.8 Å². The lowest BCUT2D eigenvalue weighted by Gasteiger charge is -2.32. The number of carbonyl (C=O) groups excluding carboxylic acids is 2. The Labute approximate surface area is 140 Å². The van der Waals surface area contributed by atoms with Crippen LogP contribution < -0.4 is 16.0 Å². The number of aromatic nitrogens is 2. The maximum Gasteiger partial charge on any atom is 0.243 e. The number of aryl methyl sites for hydroxylation is 1. The van der Waals surface area contributed by atoms with Gasteiger partial charge in [-0.3, -0.25) is 14.3 Å². The Hall–Kier alpha value is -1.54. The minimum Gasteiger partial charge on any atom is -0.349 e. The lowest BCUT2D eigenvalue weighted by molar-refractivity contribution is -0.129. The number of carbonyl (C=O) groups is 2. The molecule has 1 fully saturated rings. The maximum absolute atomic E-state index is 12.2. The van der Waals surface area contributed by atoms with E-state index >= 15 is 0 Å². The number of hydrogen-bond donors (Lipinski definition) is 3. The molecule has 0 unspecified atom stereocenters. The second-order valence-electron chi connectivity index (χ2n) is 6.45. The first kappa shape index (κ1) is 16.3. The van der Waals surface area contributed by atoms with E-state index in [0.29, 0.717) is 12.3 Å². The van der Waals surface area contributed by atoms with E-state index in [1.807, 2.05) is 24.6 Å². The smallest absolute Gasteiger partial charge is 0.243 e. The van der Waals surface area contributed by atoms with Crippen LogP contribution in [0.4, 0.5) is 0 Å². The van der Waals surface area contributed by atoms with Gasteiger partial charge >= 0.3 is 0 Å². The third kappa shape index (κ3) is 3.69. The zero-order chi connectivity index (χ0) is 16.4. The van der Waals surface area contributed by atoms with Gasteiger partial charge in [-0.25, -0.2) is 0 Å². The molecule has 126 valence electrons. The second kappa shape index (κ2) is 6.52. The van der Waals surface area contributed by atoms with Crippen molar-refractivity contribution in [1.29, 1.82) is 0 Å². The monoisotopic (exact) mass is 337 g/mol. The van der Waals surface area contributed by atoms with Crippen LogP contribution in [0.15, 0.2) is 6.07 Å². The van der Waals surface area contributed by atoms with Crippen LogP contribution in [0.1, 0.15) is 31.7 Å². The average molecular weight is 337 g/mol. The highest BCUT2D eigenvalue weighted by atomic mass is 32.2. The van der Waals surface area contributed by atoms with E-state index in [1.54, 1.807) is 0 Å². The van der Waals surface area contributed by atoms with Gasteiger partial charge in [0.05, 0.1) is 22.7 Å². The molecule has 3 heterocycles. The lowest BCUT2D eigenvalue weighted by Crippen LogP contribution is -2.57. The Morgan fingerprint density at radius 3 is 3.17 bits per heavy atom. The molecule has 0 spiro atoms. The van der Waals surface area contributed by atoms with Crippen molar-refractivity contribution in [3.05, 3.63) is 17.5 Å². The molecule has 0 aromatic carbocycles. The van der Waals surface area contributed by atoms with Gasteiger partial charge < -0.3 is 16.0 Å². The standard InChI is InChI=1S/C15H23N5O2S/c1-15(2)14(22)18-12(9-23-15)13(21)17-7-10-6-11-8-16-4-3-5-20(11)19-10/h6,12,16H,3-5,7-9H2,1-2H3,(H,17,21)(H,18,22)/t12-/m1/s1. The Kier molecular flexibility index (Phi) is 4.63. The fourth-order valence-electron chi connectivity index (χ4n) is 2.68. The average Bonchev–Trinajstić information content (AvgIpc) is 2.77. The van der Waals surface area contributed by atoms with Crippen molar-refractivity contribution in [2.24, 2.45) is 0 Å². The van der Waals surface area contributed by atoms with Crippen molar-refractivity contribution in [3.8, 4) is 0 Å². The molecule has 1 aromatic rings. The zero-order valence-electron chi connectivity index (χ0n) is 13.5. The van der Waals surface area contributed by atoms with Gasteiger partial charge in [0.15, 0.2) is 0 Å². The molecule has 2 aliphatic rings. The molecule has 3 N–H and O–H groups in total. The molecule has 1 aromatic heterocycles. The summed E-state index contributed by atoms with van der Waals surface area (Å²) >= 11 is 1.51. The summed E-state index contributed by atoms with van der Waals surface area (Å²) in [5.74, 6) is 0.352. The lowest BCUT2D eigenvalue weighted by atomic mass is 10.1. The summed E-state index contributed by atoms with van der Waals surface area (Å²) in [4.78, 5) is 24.2. The second-order valence-corrected chi connectivity index (χ2v) is 8.09. The van der Waals surface area contributed by atoms with E-state index in [4.69, 9.17) is 0 Å². The fraction of sp³-hybridized carbons (Fsp3) is 0.667. The molecule has 2 amide bonds. The van der Waals surface area contributed by atoms with Gasteiger partial charge in [-0.2, -0.15) is 5.10 Å². The van der Waals surface area contributed by atoms with E-state index < -0.39 is 10.8 Å². The first-order valence-corrected chi connectivity index (χ1v) is 8.93. The summed E-state index contributed by atoms with van der Waals surface area (Å²) in [6, 6.07) is 1.55. The molecule has 7 nitrogen and oxygen atoms in total. The molecule has 0 radical (unpaired) electrons. The number of rotatable bonds is 3. The van der Waals surface area contributed by atoms with Crippen molar-refractivity contribution >= 4 is 23.6 Å². The zero-order valence-corrected chi connectivity index (χ0v) is 14.3. The quantitative estimate of drug-likeness (QED) is 0.723. The molecule has 0 saturated carbocycles. The van der Waals surface area contributed by atoms with Crippen molar-refractivity contribution < 1.29 is 9.59 Å². The summed E-state index contributed by atoms with van der Waals surface area (Å²) in [5, 5.41) is 13.6. The molecule has 8 heteroatoms. The number of hydrogen-bond acceptors (Lipinski definition) is 5. The van der Waals surface area contributed by atoms with Crippen molar-refractivity contribution in [1.82, 2.24) is 25.7 Å². The Bertz CT molecular complexity index is 590. The first-order valence-electron chi connectivity index (χ1n) is 7.95. The van der Waals surface area contributed by atoms with Crippen LogP contribution in [-0.2, 0) is 29.2 Å².